The van der Waals surface area contributed by atoms with Crippen LogP contribution in [-0.4, -0.2) is 47.8 Å². The highest BCUT2D eigenvalue weighted by Crippen LogP contribution is 2.21. The van der Waals surface area contributed by atoms with E-state index in [0.29, 0.717) is 17.9 Å². The van der Waals surface area contributed by atoms with Crippen molar-refractivity contribution in [3.8, 4) is 0 Å². The Labute approximate surface area is 117 Å². The smallest absolute Gasteiger partial charge is 0.257 e. The molecular weight excluding hydrogens is 263 g/mol. The molecule has 6 heteroatoms. The second kappa shape index (κ2) is 5.76. The zero-order chi connectivity index (χ0) is 14.9. The number of nitrogens with two attached hydrogens (primary N) is 1. The highest BCUT2D eigenvalue weighted by Gasteiger charge is 2.31. The number of aliphatic hydroxyl groups is 1. The van der Waals surface area contributed by atoms with Crippen molar-refractivity contribution >= 4 is 11.6 Å². The number of aliphatic hydroxyl groups excluding tert-OH is 1. The first-order valence-electron chi connectivity index (χ1n) is 6.53. The Morgan fingerprint density at radius 1 is 1.60 bits per heavy atom. The summed E-state index contributed by atoms with van der Waals surface area (Å²) in [6, 6.07) is 2.66. The van der Waals surface area contributed by atoms with Crippen LogP contribution < -0.4 is 5.73 Å². The highest BCUT2D eigenvalue weighted by atomic mass is 19.1. The van der Waals surface area contributed by atoms with Crippen molar-refractivity contribution in [3.63, 3.8) is 0 Å². The molecule has 0 radical (unpaired) electrons. The van der Waals surface area contributed by atoms with Crippen LogP contribution in [0.1, 0.15) is 22.8 Å². The molecule has 110 valence electrons. The molecule has 1 aromatic carbocycles. The van der Waals surface area contributed by atoms with E-state index in [-0.39, 0.29) is 24.8 Å². The summed E-state index contributed by atoms with van der Waals surface area (Å²) in [6.45, 7) is 3.78. The van der Waals surface area contributed by atoms with E-state index in [0.717, 1.165) is 0 Å². The van der Waals surface area contributed by atoms with E-state index in [2.05, 4.69) is 0 Å². The van der Waals surface area contributed by atoms with Crippen LogP contribution in [0.5, 0.6) is 0 Å². The third-order valence-electron chi connectivity index (χ3n) is 3.48. The molecule has 1 aliphatic rings. The van der Waals surface area contributed by atoms with Gasteiger partial charge in [-0.25, -0.2) is 4.39 Å². The minimum absolute atomic E-state index is 0.0343. The van der Waals surface area contributed by atoms with Gasteiger partial charge in [-0.2, -0.15) is 0 Å². The van der Waals surface area contributed by atoms with Crippen LogP contribution in [0.3, 0.4) is 0 Å². The standard InChI is InChI=1S/C14H19FN2O3/c1-8-3-10(16)4-12(13(8)15)14(19)17-5-11(6-18)20-7-9(17)2/h3-4,9,11,18H,5-7,16H2,1-2H3. The van der Waals surface area contributed by atoms with E-state index in [4.69, 9.17) is 15.6 Å². The summed E-state index contributed by atoms with van der Waals surface area (Å²) >= 11 is 0. The molecule has 20 heavy (non-hydrogen) atoms. The van der Waals surface area contributed by atoms with E-state index in [9.17, 15) is 9.18 Å². The summed E-state index contributed by atoms with van der Waals surface area (Å²) < 4.78 is 19.5. The van der Waals surface area contributed by atoms with E-state index in [1.165, 1.54) is 17.0 Å². The molecule has 1 fully saturated rings. The van der Waals surface area contributed by atoms with Crippen LogP contribution in [0.25, 0.3) is 0 Å². The zero-order valence-corrected chi connectivity index (χ0v) is 11.6. The molecule has 2 unspecified atom stereocenters. The number of carbonyl (C=O) groups excluding carboxylic acids is 1. The fourth-order valence-corrected chi connectivity index (χ4v) is 2.32. The minimum Gasteiger partial charge on any atom is -0.399 e. The van der Waals surface area contributed by atoms with Crippen molar-refractivity contribution in [2.75, 3.05) is 25.5 Å². The lowest BCUT2D eigenvalue weighted by atomic mass is 10.1. The molecule has 1 heterocycles. The van der Waals surface area contributed by atoms with Crippen molar-refractivity contribution in [2.45, 2.75) is 26.0 Å². The van der Waals surface area contributed by atoms with Gasteiger partial charge in [0.1, 0.15) is 5.82 Å². The van der Waals surface area contributed by atoms with Crippen molar-refractivity contribution in [1.29, 1.82) is 0 Å². The lowest BCUT2D eigenvalue weighted by Crippen LogP contribution is -2.52. The Bertz CT molecular complexity index is 521. The van der Waals surface area contributed by atoms with E-state index in [1.54, 1.807) is 6.92 Å². The number of nitrogen functional groups attached to an aromatic ring is 1. The number of hydrogen-bond donors (Lipinski definition) is 2. The van der Waals surface area contributed by atoms with Gasteiger partial charge < -0.3 is 20.5 Å². The first kappa shape index (κ1) is 14.7. The van der Waals surface area contributed by atoms with Gasteiger partial charge in [0, 0.05) is 12.2 Å². The van der Waals surface area contributed by atoms with E-state index >= 15 is 0 Å². The lowest BCUT2D eigenvalue weighted by molar-refractivity contribution is -0.0668. The van der Waals surface area contributed by atoms with Gasteiger partial charge in [-0.1, -0.05) is 0 Å². The molecule has 0 aliphatic carbocycles. The number of morpholine rings is 1. The summed E-state index contributed by atoms with van der Waals surface area (Å²) in [5.41, 5.74) is 6.34. The van der Waals surface area contributed by atoms with Gasteiger partial charge in [-0.15, -0.1) is 0 Å². The van der Waals surface area contributed by atoms with Crippen molar-refractivity contribution < 1.29 is 19.0 Å². The molecule has 1 aliphatic heterocycles. The number of hydrogen-bond acceptors (Lipinski definition) is 4. The Morgan fingerprint density at radius 3 is 2.95 bits per heavy atom. The average molecular weight is 282 g/mol. The van der Waals surface area contributed by atoms with Gasteiger partial charge in [0.15, 0.2) is 0 Å². The maximum atomic E-state index is 14.1. The Kier molecular flexibility index (Phi) is 4.25. The third-order valence-corrected chi connectivity index (χ3v) is 3.48. The Morgan fingerprint density at radius 2 is 2.30 bits per heavy atom. The van der Waals surface area contributed by atoms with Gasteiger partial charge in [-0.05, 0) is 31.5 Å². The number of rotatable bonds is 2. The van der Waals surface area contributed by atoms with Gasteiger partial charge in [0.05, 0.1) is 30.9 Å². The minimum atomic E-state index is -0.552. The molecule has 1 aromatic rings. The summed E-state index contributed by atoms with van der Waals surface area (Å²) in [5, 5.41) is 9.13. The number of anilines is 1. The molecule has 3 N–H and O–H groups in total. The van der Waals surface area contributed by atoms with Crippen molar-refractivity contribution in [3.05, 3.63) is 29.1 Å². The molecule has 2 rings (SSSR count). The normalized spacial score (nSPS) is 22.9. The molecule has 1 amide bonds. The first-order chi connectivity index (χ1) is 9.43. The predicted molar refractivity (Wildman–Crippen MR) is 72.9 cm³/mol. The fourth-order valence-electron chi connectivity index (χ4n) is 2.32. The Balaban J connectivity index is 2.30. The number of ether oxygens (including phenoxy) is 1. The fraction of sp³-hybridized carbons (Fsp3) is 0.500. The maximum absolute atomic E-state index is 14.1. The second-order valence-corrected chi connectivity index (χ2v) is 5.14. The van der Waals surface area contributed by atoms with Crippen LogP contribution in [0.4, 0.5) is 10.1 Å². The predicted octanol–water partition coefficient (Wildman–Crippen LogP) is 0.938. The van der Waals surface area contributed by atoms with Gasteiger partial charge >= 0.3 is 0 Å². The quantitative estimate of drug-likeness (QED) is 0.792. The molecule has 0 saturated carbocycles. The molecule has 0 spiro atoms. The summed E-state index contributed by atoms with van der Waals surface area (Å²) in [7, 11) is 0. The number of amides is 1. The number of benzene rings is 1. The number of aryl methyl sites for hydroxylation is 1. The monoisotopic (exact) mass is 282 g/mol. The topological polar surface area (TPSA) is 75.8 Å². The largest absolute Gasteiger partial charge is 0.399 e. The van der Waals surface area contributed by atoms with Crippen LogP contribution >= 0.6 is 0 Å². The summed E-state index contributed by atoms with van der Waals surface area (Å²) in [4.78, 5) is 14.0. The first-order valence-corrected chi connectivity index (χ1v) is 6.53. The Hall–Kier alpha value is -1.66. The van der Waals surface area contributed by atoms with Gasteiger partial charge in [0.2, 0.25) is 0 Å². The lowest BCUT2D eigenvalue weighted by Gasteiger charge is -2.37. The zero-order valence-electron chi connectivity index (χ0n) is 11.6. The number of halogens is 1. The molecule has 0 bridgehead atoms. The van der Waals surface area contributed by atoms with Crippen LogP contribution in [0.15, 0.2) is 12.1 Å². The van der Waals surface area contributed by atoms with Crippen LogP contribution in [-0.2, 0) is 4.74 Å². The molecule has 0 aromatic heterocycles. The second-order valence-electron chi connectivity index (χ2n) is 5.14. The molecular formula is C14H19FN2O3. The summed E-state index contributed by atoms with van der Waals surface area (Å²) in [6.07, 6.45) is -0.430. The molecule has 5 nitrogen and oxygen atoms in total. The molecule has 2 atom stereocenters. The van der Waals surface area contributed by atoms with Crippen molar-refractivity contribution in [2.24, 2.45) is 0 Å². The average Bonchev–Trinajstić information content (AvgIpc) is 2.42. The van der Waals surface area contributed by atoms with Crippen LogP contribution in [0, 0.1) is 12.7 Å². The molecule has 1 saturated heterocycles. The van der Waals surface area contributed by atoms with E-state index < -0.39 is 17.8 Å². The summed E-state index contributed by atoms with van der Waals surface area (Å²) in [5.74, 6) is -0.976. The maximum Gasteiger partial charge on any atom is 0.257 e. The van der Waals surface area contributed by atoms with Gasteiger partial charge in [-0.3, -0.25) is 4.79 Å². The van der Waals surface area contributed by atoms with Gasteiger partial charge in [0.25, 0.3) is 5.91 Å². The highest BCUT2D eigenvalue weighted by molar-refractivity contribution is 5.96. The van der Waals surface area contributed by atoms with E-state index in [1.807, 2.05) is 6.92 Å². The SMILES string of the molecule is Cc1cc(N)cc(C(=O)N2CC(CO)OCC2C)c1F. The van der Waals surface area contributed by atoms with Crippen molar-refractivity contribution in [1.82, 2.24) is 4.90 Å². The third kappa shape index (κ3) is 2.76. The number of nitrogens with zero attached hydrogens (tertiary/aromatic N) is 1. The number of carbonyl (C=O) groups is 1. The van der Waals surface area contributed by atoms with Crippen LogP contribution in [0.2, 0.25) is 0 Å².